The van der Waals surface area contributed by atoms with E-state index < -0.39 is 0 Å². The summed E-state index contributed by atoms with van der Waals surface area (Å²) >= 11 is 1.66. The molecule has 0 spiro atoms. The maximum atomic E-state index is 12.0. The number of piperidine rings is 1. The van der Waals surface area contributed by atoms with Gasteiger partial charge in [-0.15, -0.1) is 11.3 Å². The summed E-state index contributed by atoms with van der Waals surface area (Å²) in [5.41, 5.74) is 1.87. The molecule has 1 fully saturated rings. The molecular weight excluding hydrogens is 282 g/mol. The third kappa shape index (κ3) is 3.80. The molecule has 112 valence electrons. The van der Waals surface area contributed by atoms with Gasteiger partial charge in [0.25, 0.3) is 0 Å². The Labute approximate surface area is 129 Å². The van der Waals surface area contributed by atoms with Crippen molar-refractivity contribution in [1.29, 1.82) is 0 Å². The lowest BCUT2D eigenvalue weighted by Crippen LogP contribution is -2.34. The summed E-state index contributed by atoms with van der Waals surface area (Å²) < 4.78 is 1.12. The second kappa shape index (κ2) is 6.54. The summed E-state index contributed by atoms with van der Waals surface area (Å²) in [6.45, 7) is 3.09. The smallest absolute Gasteiger partial charge is 0.224 e. The van der Waals surface area contributed by atoms with Crippen molar-refractivity contribution in [2.45, 2.75) is 45.1 Å². The number of benzene rings is 1. The van der Waals surface area contributed by atoms with E-state index in [2.05, 4.69) is 15.6 Å². The van der Waals surface area contributed by atoms with Crippen LogP contribution >= 0.6 is 11.3 Å². The van der Waals surface area contributed by atoms with Gasteiger partial charge in [0.2, 0.25) is 5.91 Å². The quantitative estimate of drug-likeness (QED) is 0.909. The molecule has 0 radical (unpaired) electrons. The minimum Gasteiger partial charge on any atom is -0.326 e. The van der Waals surface area contributed by atoms with Gasteiger partial charge in [0.15, 0.2) is 0 Å². The van der Waals surface area contributed by atoms with E-state index in [0.29, 0.717) is 12.5 Å². The first kappa shape index (κ1) is 14.5. The minimum absolute atomic E-state index is 0.1000. The Kier molecular flexibility index (Phi) is 4.51. The van der Waals surface area contributed by atoms with E-state index >= 15 is 0 Å². The first-order chi connectivity index (χ1) is 10.2. The molecular formula is C16H21N3OS. The third-order valence-corrected chi connectivity index (χ3v) is 4.84. The van der Waals surface area contributed by atoms with E-state index in [1.54, 1.807) is 11.3 Å². The number of fused-ring (bicyclic) bond motifs is 1. The van der Waals surface area contributed by atoms with Crippen molar-refractivity contribution in [2.24, 2.45) is 0 Å². The average molecular weight is 303 g/mol. The maximum Gasteiger partial charge on any atom is 0.224 e. The van der Waals surface area contributed by atoms with E-state index in [9.17, 15) is 4.79 Å². The van der Waals surface area contributed by atoms with Crippen molar-refractivity contribution in [3.63, 3.8) is 0 Å². The molecule has 0 saturated carbocycles. The summed E-state index contributed by atoms with van der Waals surface area (Å²) in [7, 11) is 0. The zero-order valence-electron chi connectivity index (χ0n) is 12.3. The van der Waals surface area contributed by atoms with E-state index in [4.69, 9.17) is 0 Å². The molecule has 1 aliphatic rings. The topological polar surface area (TPSA) is 54.0 Å². The molecule has 1 aromatic heterocycles. The molecule has 1 amide bonds. The number of aromatic nitrogens is 1. The molecule has 1 unspecified atom stereocenters. The van der Waals surface area contributed by atoms with Gasteiger partial charge in [-0.1, -0.05) is 6.42 Å². The molecule has 3 rings (SSSR count). The molecule has 4 nitrogen and oxygen atoms in total. The van der Waals surface area contributed by atoms with Crippen molar-refractivity contribution in [1.82, 2.24) is 10.3 Å². The molecule has 1 aliphatic heterocycles. The predicted octanol–water partition coefficient (Wildman–Crippen LogP) is 3.47. The number of nitrogens with one attached hydrogen (secondary N) is 2. The first-order valence-corrected chi connectivity index (χ1v) is 8.43. The molecule has 5 heteroatoms. The predicted molar refractivity (Wildman–Crippen MR) is 87.9 cm³/mol. The molecule has 2 heterocycles. The fourth-order valence-electron chi connectivity index (χ4n) is 2.82. The number of carbonyl (C=O) groups excluding carboxylic acids is 1. The van der Waals surface area contributed by atoms with Crippen LogP contribution in [0.2, 0.25) is 0 Å². The van der Waals surface area contributed by atoms with Gasteiger partial charge in [0, 0.05) is 18.2 Å². The summed E-state index contributed by atoms with van der Waals surface area (Å²) in [4.78, 5) is 16.5. The second-order valence-corrected chi connectivity index (χ2v) is 6.88. The minimum atomic E-state index is 0.1000. The van der Waals surface area contributed by atoms with Gasteiger partial charge in [-0.2, -0.15) is 0 Å². The molecule has 1 saturated heterocycles. The maximum absolute atomic E-state index is 12.0. The van der Waals surface area contributed by atoms with Crippen LogP contribution in [0, 0.1) is 6.92 Å². The van der Waals surface area contributed by atoms with Crippen molar-refractivity contribution in [3.8, 4) is 0 Å². The van der Waals surface area contributed by atoms with Gasteiger partial charge >= 0.3 is 0 Å². The SMILES string of the molecule is Cc1nc2ccc(NC(=O)CCC3CCCCN3)cc2s1. The Bertz CT molecular complexity index is 631. The second-order valence-electron chi connectivity index (χ2n) is 5.65. The van der Waals surface area contributed by atoms with Crippen molar-refractivity contribution >= 4 is 33.1 Å². The van der Waals surface area contributed by atoms with Crippen LogP contribution in [-0.2, 0) is 4.79 Å². The number of nitrogens with zero attached hydrogens (tertiary/aromatic N) is 1. The number of carbonyl (C=O) groups is 1. The highest BCUT2D eigenvalue weighted by atomic mass is 32.1. The molecule has 0 aliphatic carbocycles. The van der Waals surface area contributed by atoms with Crippen LogP contribution in [0.5, 0.6) is 0 Å². The van der Waals surface area contributed by atoms with Crippen molar-refractivity contribution < 1.29 is 4.79 Å². The largest absolute Gasteiger partial charge is 0.326 e. The Morgan fingerprint density at radius 3 is 3.19 bits per heavy atom. The molecule has 2 aromatic rings. The summed E-state index contributed by atoms with van der Waals surface area (Å²) in [6.07, 6.45) is 5.24. The van der Waals surface area contributed by atoms with Gasteiger partial charge in [0.1, 0.15) is 0 Å². The van der Waals surface area contributed by atoms with E-state index in [1.807, 2.05) is 25.1 Å². The number of anilines is 1. The molecule has 1 atom stereocenters. The summed E-state index contributed by atoms with van der Waals surface area (Å²) in [6, 6.07) is 6.42. The van der Waals surface area contributed by atoms with Crippen LogP contribution in [0.4, 0.5) is 5.69 Å². The van der Waals surface area contributed by atoms with Gasteiger partial charge in [-0.3, -0.25) is 4.79 Å². The summed E-state index contributed by atoms with van der Waals surface area (Å²) in [5.74, 6) is 0.1000. The number of rotatable bonds is 4. The molecule has 2 N–H and O–H groups in total. The van der Waals surface area contributed by atoms with Crippen LogP contribution in [-0.4, -0.2) is 23.5 Å². The Morgan fingerprint density at radius 2 is 2.38 bits per heavy atom. The highest BCUT2D eigenvalue weighted by molar-refractivity contribution is 7.18. The van der Waals surface area contributed by atoms with Gasteiger partial charge < -0.3 is 10.6 Å². The Morgan fingerprint density at radius 1 is 1.48 bits per heavy atom. The van der Waals surface area contributed by atoms with E-state index in [1.165, 1.54) is 19.3 Å². The van der Waals surface area contributed by atoms with Crippen LogP contribution in [0.1, 0.15) is 37.1 Å². The highest BCUT2D eigenvalue weighted by Gasteiger charge is 2.14. The van der Waals surface area contributed by atoms with Gasteiger partial charge in [-0.25, -0.2) is 4.98 Å². The van der Waals surface area contributed by atoms with Crippen LogP contribution in [0.25, 0.3) is 10.2 Å². The summed E-state index contributed by atoms with van der Waals surface area (Å²) in [5, 5.41) is 7.53. The number of hydrogen-bond donors (Lipinski definition) is 2. The average Bonchev–Trinajstić information content (AvgIpc) is 2.85. The van der Waals surface area contributed by atoms with E-state index in [0.717, 1.165) is 33.9 Å². The van der Waals surface area contributed by atoms with Crippen molar-refractivity contribution in [2.75, 3.05) is 11.9 Å². The monoisotopic (exact) mass is 303 g/mol. The standard InChI is InChI=1S/C16H21N3OS/c1-11-18-14-7-5-13(10-15(14)21-11)19-16(20)8-6-12-4-2-3-9-17-12/h5,7,10,12,17H,2-4,6,8-9H2,1H3,(H,19,20). The van der Waals surface area contributed by atoms with Crippen LogP contribution in [0.15, 0.2) is 18.2 Å². The van der Waals surface area contributed by atoms with Gasteiger partial charge in [-0.05, 0) is 50.9 Å². The van der Waals surface area contributed by atoms with Crippen molar-refractivity contribution in [3.05, 3.63) is 23.2 Å². The lowest BCUT2D eigenvalue weighted by atomic mass is 10.0. The number of hydrogen-bond acceptors (Lipinski definition) is 4. The van der Waals surface area contributed by atoms with Crippen LogP contribution < -0.4 is 10.6 Å². The lowest BCUT2D eigenvalue weighted by molar-refractivity contribution is -0.116. The normalized spacial score (nSPS) is 18.8. The Hall–Kier alpha value is -1.46. The Balaban J connectivity index is 1.55. The fourth-order valence-corrected chi connectivity index (χ4v) is 3.68. The fraction of sp³-hybridized carbons (Fsp3) is 0.500. The highest BCUT2D eigenvalue weighted by Crippen LogP contribution is 2.25. The first-order valence-electron chi connectivity index (χ1n) is 7.61. The molecule has 0 bridgehead atoms. The van der Waals surface area contributed by atoms with E-state index in [-0.39, 0.29) is 5.91 Å². The number of thiazole rings is 1. The molecule has 21 heavy (non-hydrogen) atoms. The zero-order chi connectivity index (χ0) is 14.7. The zero-order valence-corrected chi connectivity index (χ0v) is 13.1. The molecule has 1 aromatic carbocycles. The van der Waals surface area contributed by atoms with Crippen LogP contribution in [0.3, 0.4) is 0 Å². The number of amides is 1. The third-order valence-electron chi connectivity index (χ3n) is 3.91. The van der Waals surface area contributed by atoms with Gasteiger partial charge in [0.05, 0.1) is 15.2 Å². The number of aryl methyl sites for hydroxylation is 1. The lowest BCUT2D eigenvalue weighted by Gasteiger charge is -2.23.